The minimum Gasteiger partial charge on any atom is -0.493 e. The van der Waals surface area contributed by atoms with Crippen molar-refractivity contribution in [2.45, 2.75) is 59.2 Å². The van der Waals surface area contributed by atoms with E-state index in [0.717, 1.165) is 45.1 Å². The van der Waals surface area contributed by atoms with Crippen molar-refractivity contribution < 1.29 is 27.8 Å². The molecule has 0 N–H and O–H groups in total. The number of fused-ring (bicyclic) bond motifs is 1. The number of ether oxygens (including phenoxy) is 3. The van der Waals surface area contributed by atoms with Crippen LogP contribution in [0.5, 0.6) is 5.75 Å². The van der Waals surface area contributed by atoms with Gasteiger partial charge in [0.2, 0.25) is 0 Å². The average Bonchev–Trinajstić information content (AvgIpc) is 2.87. The fourth-order valence-corrected chi connectivity index (χ4v) is 5.25. The van der Waals surface area contributed by atoms with E-state index in [-0.39, 0.29) is 12.2 Å². The molecule has 1 atom stereocenters. The first kappa shape index (κ1) is 26.0. The molecule has 1 aromatic heterocycles. The Hall–Kier alpha value is -3.58. The zero-order chi connectivity index (χ0) is 27.2. The average molecular weight is 520 g/mol. The molecule has 0 radical (unpaired) electrons. The van der Waals surface area contributed by atoms with E-state index >= 15 is 0 Å². The molecule has 1 aliphatic rings. The van der Waals surface area contributed by atoms with Crippen molar-refractivity contribution in [1.82, 2.24) is 4.98 Å². The second kappa shape index (κ2) is 9.95. The zero-order valence-corrected chi connectivity index (χ0v) is 22.2. The van der Waals surface area contributed by atoms with Crippen LogP contribution in [0.1, 0.15) is 62.5 Å². The monoisotopic (exact) mass is 519 g/mol. The number of aromatic nitrogens is 1. The molecule has 0 spiro atoms. The third-order valence-electron chi connectivity index (χ3n) is 6.74. The van der Waals surface area contributed by atoms with Crippen LogP contribution >= 0.6 is 0 Å². The molecule has 5 nitrogen and oxygen atoms in total. The highest BCUT2D eigenvalue weighted by molar-refractivity contribution is 6.09. The van der Waals surface area contributed by atoms with Crippen LogP contribution in [0.25, 0.3) is 32.8 Å². The number of hydrogen-bond donors (Lipinski definition) is 0. The number of nitrogens with zero attached hydrogens (tertiary/aromatic N) is 1. The molecule has 0 unspecified atom stereocenters. The van der Waals surface area contributed by atoms with Crippen molar-refractivity contribution in [3.8, 4) is 16.9 Å². The first-order valence-corrected chi connectivity index (χ1v) is 12.8. The zero-order valence-electron chi connectivity index (χ0n) is 22.2. The summed E-state index contributed by atoms with van der Waals surface area (Å²) in [6, 6.07) is 12.3. The number of benzene rings is 3. The largest absolute Gasteiger partial charge is 0.493 e. The van der Waals surface area contributed by atoms with E-state index in [1.165, 1.54) is 12.1 Å². The molecule has 7 heteroatoms. The maximum Gasteiger partial charge on any atom is 0.339 e. The highest BCUT2D eigenvalue weighted by Gasteiger charge is 2.34. The lowest BCUT2D eigenvalue weighted by Gasteiger charge is -2.30. The second-order valence-corrected chi connectivity index (χ2v) is 10.5. The van der Waals surface area contributed by atoms with Crippen molar-refractivity contribution >= 4 is 27.6 Å². The molecular formula is C31H31F2NO4. The lowest BCUT2D eigenvalue weighted by atomic mass is 9.85. The van der Waals surface area contributed by atoms with Gasteiger partial charge in [0.15, 0.2) is 6.10 Å². The lowest BCUT2D eigenvalue weighted by molar-refractivity contribution is -0.166. The molecule has 1 aliphatic heterocycles. The second-order valence-electron chi connectivity index (χ2n) is 10.5. The van der Waals surface area contributed by atoms with Gasteiger partial charge in [0.1, 0.15) is 5.75 Å². The van der Waals surface area contributed by atoms with Crippen LogP contribution in [0, 0.1) is 6.92 Å². The van der Waals surface area contributed by atoms with Gasteiger partial charge in [0.25, 0.3) is 6.43 Å². The minimum atomic E-state index is -2.60. The summed E-state index contributed by atoms with van der Waals surface area (Å²) in [6.45, 7) is 10.0. The van der Waals surface area contributed by atoms with E-state index in [1.54, 1.807) is 19.2 Å². The van der Waals surface area contributed by atoms with Gasteiger partial charge in [-0.15, -0.1) is 0 Å². The maximum atomic E-state index is 13.6. The predicted molar refractivity (Wildman–Crippen MR) is 144 cm³/mol. The summed E-state index contributed by atoms with van der Waals surface area (Å²) in [7, 11) is 0. The number of esters is 1. The van der Waals surface area contributed by atoms with Gasteiger partial charge in [-0.1, -0.05) is 18.2 Å². The molecule has 4 aromatic rings. The maximum absolute atomic E-state index is 13.6. The van der Waals surface area contributed by atoms with Crippen molar-refractivity contribution in [3.63, 3.8) is 0 Å². The first-order chi connectivity index (χ1) is 18.1. The smallest absolute Gasteiger partial charge is 0.339 e. The third kappa shape index (κ3) is 4.71. The normalized spacial score (nSPS) is 14.1. The topological polar surface area (TPSA) is 57.7 Å². The van der Waals surface area contributed by atoms with Crippen molar-refractivity contribution in [2.24, 2.45) is 0 Å². The van der Waals surface area contributed by atoms with Gasteiger partial charge < -0.3 is 14.2 Å². The number of alkyl halides is 2. The summed E-state index contributed by atoms with van der Waals surface area (Å²) in [5.74, 6) is 0.249. The van der Waals surface area contributed by atoms with E-state index in [1.807, 2.05) is 52.0 Å². The highest BCUT2D eigenvalue weighted by atomic mass is 19.3. The Kier molecular flexibility index (Phi) is 6.82. The molecule has 0 fully saturated rings. The molecule has 0 amide bonds. The number of rotatable bonds is 6. The van der Waals surface area contributed by atoms with Crippen molar-refractivity contribution in [3.05, 3.63) is 70.9 Å². The Balaban J connectivity index is 1.89. The van der Waals surface area contributed by atoms with Gasteiger partial charge in [-0.05, 0) is 86.3 Å². The van der Waals surface area contributed by atoms with E-state index < -0.39 is 24.1 Å². The number of carbonyl (C=O) groups is 1. The van der Waals surface area contributed by atoms with Gasteiger partial charge in [-0.2, -0.15) is 0 Å². The van der Waals surface area contributed by atoms with Crippen LogP contribution in [-0.2, 0) is 20.7 Å². The molecule has 0 saturated carbocycles. The SMILES string of the molecule is CCOC(=O)[C@@H](OC(C)(C)C)c1c(C)cc2cc(C(F)F)ccc2c1-c1ccc2c3c(ccnc13)CCO2. The van der Waals surface area contributed by atoms with Crippen molar-refractivity contribution in [1.29, 1.82) is 0 Å². The van der Waals surface area contributed by atoms with E-state index in [0.29, 0.717) is 23.1 Å². The highest BCUT2D eigenvalue weighted by Crippen LogP contribution is 2.45. The number of pyridine rings is 1. The summed E-state index contributed by atoms with van der Waals surface area (Å²) in [4.78, 5) is 18.1. The molecule has 5 rings (SSSR count). The molecule has 0 bridgehead atoms. The van der Waals surface area contributed by atoms with Crippen LogP contribution in [-0.4, -0.2) is 29.8 Å². The van der Waals surface area contributed by atoms with Crippen LogP contribution in [0.4, 0.5) is 8.78 Å². The first-order valence-electron chi connectivity index (χ1n) is 12.8. The summed E-state index contributed by atoms with van der Waals surface area (Å²) in [5, 5.41) is 2.29. The van der Waals surface area contributed by atoms with E-state index in [2.05, 4.69) is 0 Å². The van der Waals surface area contributed by atoms with E-state index in [9.17, 15) is 13.6 Å². The van der Waals surface area contributed by atoms with Crippen LogP contribution in [0.15, 0.2) is 48.7 Å². The summed E-state index contributed by atoms with van der Waals surface area (Å²) >= 11 is 0. The van der Waals surface area contributed by atoms with Gasteiger partial charge in [-0.25, -0.2) is 13.6 Å². The Morgan fingerprint density at radius 1 is 1.13 bits per heavy atom. The molecular weight excluding hydrogens is 488 g/mol. The summed E-state index contributed by atoms with van der Waals surface area (Å²) in [5.41, 5.74) is 3.98. The fourth-order valence-electron chi connectivity index (χ4n) is 5.25. The van der Waals surface area contributed by atoms with Gasteiger partial charge in [0, 0.05) is 34.7 Å². The molecule has 2 heterocycles. The molecule has 3 aromatic carbocycles. The summed E-state index contributed by atoms with van der Waals surface area (Å²) < 4.78 is 45.0. The number of aryl methyl sites for hydroxylation is 1. The Morgan fingerprint density at radius 2 is 1.92 bits per heavy atom. The van der Waals surface area contributed by atoms with Gasteiger partial charge >= 0.3 is 5.97 Å². The number of halogens is 2. The molecule has 0 saturated heterocycles. The van der Waals surface area contributed by atoms with Gasteiger partial charge in [-0.3, -0.25) is 4.98 Å². The predicted octanol–water partition coefficient (Wildman–Crippen LogP) is 7.66. The molecule has 38 heavy (non-hydrogen) atoms. The van der Waals surface area contributed by atoms with Crippen molar-refractivity contribution in [2.75, 3.05) is 13.2 Å². The Morgan fingerprint density at radius 3 is 2.63 bits per heavy atom. The molecule has 0 aliphatic carbocycles. The van der Waals surface area contributed by atoms with Gasteiger partial charge in [0.05, 0.1) is 24.3 Å². The number of carbonyl (C=O) groups excluding carboxylic acids is 1. The Bertz CT molecular complexity index is 1530. The van der Waals surface area contributed by atoms with Crippen LogP contribution in [0.2, 0.25) is 0 Å². The van der Waals surface area contributed by atoms with Crippen LogP contribution < -0.4 is 4.74 Å². The van der Waals surface area contributed by atoms with E-state index in [4.69, 9.17) is 19.2 Å². The summed E-state index contributed by atoms with van der Waals surface area (Å²) in [6.07, 6.45) is -1.10. The Labute approximate surface area is 220 Å². The quantitative estimate of drug-likeness (QED) is 0.245. The number of hydrogen-bond acceptors (Lipinski definition) is 5. The van der Waals surface area contributed by atoms with Crippen LogP contribution in [0.3, 0.4) is 0 Å². The lowest BCUT2D eigenvalue weighted by Crippen LogP contribution is -2.29. The third-order valence-corrected chi connectivity index (χ3v) is 6.74. The standard InChI is InChI=1S/C31H31F2NO4/c1-6-36-30(35)28(38-31(3,4)5)24-17(2)15-20-16-19(29(32)33)7-8-21(20)26(24)22-9-10-23-25-18(12-14-37-23)11-13-34-27(22)25/h7-11,13,15-16,28-29H,6,12,14H2,1-5H3/t28-/m0/s1. The fraction of sp³-hybridized carbons (Fsp3) is 0.355. The minimum absolute atomic E-state index is 0.0631. The molecule has 198 valence electrons.